The van der Waals surface area contributed by atoms with Crippen LogP contribution in [0.4, 0.5) is 5.82 Å². The van der Waals surface area contributed by atoms with Crippen LogP contribution >= 0.6 is 15.9 Å². The van der Waals surface area contributed by atoms with Gasteiger partial charge in [0.15, 0.2) is 15.6 Å². The van der Waals surface area contributed by atoms with Crippen molar-refractivity contribution < 1.29 is 27.5 Å². The minimum absolute atomic E-state index is 0.0528. The number of aromatic nitrogens is 5. The van der Waals surface area contributed by atoms with Crippen molar-refractivity contribution in [2.45, 2.75) is 45.9 Å². The molecule has 0 spiro atoms. The molecular weight excluding hydrogens is 666 g/mol. The molecule has 15 heteroatoms. The number of benzene rings is 1. The van der Waals surface area contributed by atoms with E-state index in [-0.39, 0.29) is 53.3 Å². The number of ketones is 1. The Morgan fingerprint density at radius 2 is 1.82 bits per heavy atom. The fourth-order valence-electron chi connectivity index (χ4n) is 5.62. The number of sulfone groups is 1. The predicted octanol–water partition coefficient (Wildman–Crippen LogP) is 3.21. The Morgan fingerprint density at radius 1 is 1.09 bits per heavy atom. The van der Waals surface area contributed by atoms with Crippen molar-refractivity contribution in [3.63, 3.8) is 0 Å². The quantitative estimate of drug-likeness (QED) is 0.214. The van der Waals surface area contributed by atoms with Gasteiger partial charge in [0.25, 0.3) is 0 Å². The number of carbonyl (C=O) groups excluding carboxylic acids is 3. The van der Waals surface area contributed by atoms with Crippen LogP contribution in [0.5, 0.6) is 6.01 Å². The van der Waals surface area contributed by atoms with Crippen LogP contribution in [-0.2, 0) is 26.0 Å². The molecule has 3 aromatic heterocycles. The number of carbonyl (C=O) groups is 3. The summed E-state index contributed by atoms with van der Waals surface area (Å²) >= 11 is 3.33. The van der Waals surface area contributed by atoms with E-state index in [1.54, 1.807) is 35.5 Å². The zero-order chi connectivity index (χ0) is 32.0. The van der Waals surface area contributed by atoms with Crippen LogP contribution in [-0.4, -0.2) is 85.8 Å². The molecule has 45 heavy (non-hydrogen) atoms. The summed E-state index contributed by atoms with van der Waals surface area (Å²) in [6.45, 7) is 5.52. The van der Waals surface area contributed by atoms with Gasteiger partial charge in [0, 0.05) is 36.8 Å². The van der Waals surface area contributed by atoms with Crippen molar-refractivity contribution >= 4 is 60.1 Å². The van der Waals surface area contributed by atoms with Crippen molar-refractivity contribution in [3.8, 4) is 17.1 Å². The lowest BCUT2D eigenvalue weighted by atomic mass is 10.0. The van der Waals surface area contributed by atoms with Gasteiger partial charge in [0.1, 0.15) is 34.8 Å². The molecular formula is C30H30BrN7O6S. The molecule has 1 aromatic carbocycles. The topological polar surface area (TPSA) is 166 Å². The van der Waals surface area contributed by atoms with Gasteiger partial charge in [-0.05, 0) is 64.5 Å². The number of nitrogens with zero attached hydrogens (tertiary/aromatic N) is 6. The smallest absolute Gasteiger partial charge is 0.316 e. The van der Waals surface area contributed by atoms with E-state index in [1.165, 1.54) is 11.6 Å². The van der Waals surface area contributed by atoms with Gasteiger partial charge >= 0.3 is 6.01 Å². The van der Waals surface area contributed by atoms with Crippen molar-refractivity contribution in [1.29, 1.82) is 0 Å². The number of likely N-dealkylation sites (tertiary alicyclic amines) is 1. The van der Waals surface area contributed by atoms with Gasteiger partial charge in [0.2, 0.25) is 11.8 Å². The largest absolute Gasteiger partial charge is 0.458 e. The summed E-state index contributed by atoms with van der Waals surface area (Å²) in [5, 5.41) is 7.93. The number of hydrogen-bond acceptors (Lipinski definition) is 10. The lowest BCUT2D eigenvalue weighted by Crippen LogP contribution is -2.45. The normalized spacial score (nSPS) is 19.3. The fourth-order valence-corrected chi connectivity index (χ4v) is 7.10. The minimum Gasteiger partial charge on any atom is -0.458 e. The molecule has 1 N–H and O–H groups in total. The van der Waals surface area contributed by atoms with Crippen LogP contribution in [0.15, 0.2) is 47.3 Å². The Balaban J connectivity index is 1.21. The van der Waals surface area contributed by atoms with E-state index in [0.29, 0.717) is 39.9 Å². The molecule has 2 atom stereocenters. The summed E-state index contributed by atoms with van der Waals surface area (Å²) in [7, 11) is -3.03. The first kappa shape index (κ1) is 30.8. The standard InChI is InChI=1S/C30H30BrN7O6S/c1-16-8-24(29(41)35-28-17(2)4-7-25(31)34-28)37(12-16)26(40)13-38-23-6-5-19(9-22(23)27(36-38)18(3)39)20-10-32-30(33-11-20)44-21-14-45(42,43)15-21/h4-7,9-11,16,21,24H,8,12-15H2,1-3H3,(H,34,35,41)/t16-,24-/m0/s1. The van der Waals surface area contributed by atoms with Crippen LogP contribution in [0, 0.1) is 12.8 Å². The van der Waals surface area contributed by atoms with E-state index in [4.69, 9.17) is 4.74 Å². The first-order valence-corrected chi connectivity index (χ1v) is 16.9. The van der Waals surface area contributed by atoms with Gasteiger partial charge < -0.3 is 15.0 Å². The molecule has 2 aliphatic heterocycles. The maximum Gasteiger partial charge on any atom is 0.316 e. The predicted molar refractivity (Wildman–Crippen MR) is 168 cm³/mol. The minimum atomic E-state index is -3.03. The van der Waals surface area contributed by atoms with E-state index in [1.807, 2.05) is 26.0 Å². The van der Waals surface area contributed by atoms with Crippen LogP contribution in [0.3, 0.4) is 0 Å². The highest BCUT2D eigenvalue weighted by Gasteiger charge is 2.38. The summed E-state index contributed by atoms with van der Waals surface area (Å²) in [6, 6.07) is 8.43. The third-order valence-electron chi connectivity index (χ3n) is 7.92. The number of aryl methyl sites for hydroxylation is 1. The summed E-state index contributed by atoms with van der Waals surface area (Å²) in [4.78, 5) is 53.9. The molecule has 2 saturated heterocycles. The molecule has 4 aromatic rings. The summed E-state index contributed by atoms with van der Waals surface area (Å²) in [5.74, 6) is -0.412. The average Bonchev–Trinajstić information content (AvgIpc) is 3.55. The summed E-state index contributed by atoms with van der Waals surface area (Å²) in [6.07, 6.45) is 3.18. The lowest BCUT2D eigenvalue weighted by Gasteiger charge is -2.25. The Bertz CT molecular complexity index is 1930. The van der Waals surface area contributed by atoms with Gasteiger partial charge in [0.05, 0.1) is 17.0 Å². The van der Waals surface area contributed by atoms with E-state index in [9.17, 15) is 22.8 Å². The number of amides is 2. The molecule has 2 fully saturated rings. The molecule has 6 rings (SSSR count). The first-order valence-electron chi connectivity index (χ1n) is 14.3. The SMILES string of the molecule is CC(=O)c1nn(CC(=O)N2C[C@@H](C)C[C@H]2C(=O)Nc2nc(Br)ccc2C)c2ccc(-c3cnc(OC4CS(=O)(=O)C4)nc3)cc12. The molecule has 0 bridgehead atoms. The number of Topliss-reactive ketones (excluding diaryl/α,β-unsaturated/α-hetero) is 1. The second-order valence-corrected chi connectivity index (χ2v) is 14.5. The van der Waals surface area contributed by atoms with Gasteiger partial charge in [-0.2, -0.15) is 5.10 Å². The van der Waals surface area contributed by atoms with E-state index in [0.717, 1.165) is 11.1 Å². The molecule has 0 aliphatic carbocycles. The first-order chi connectivity index (χ1) is 21.4. The van der Waals surface area contributed by atoms with E-state index < -0.39 is 22.0 Å². The highest BCUT2D eigenvalue weighted by atomic mass is 79.9. The van der Waals surface area contributed by atoms with Crippen LogP contribution in [0.2, 0.25) is 0 Å². The highest BCUT2D eigenvalue weighted by Crippen LogP contribution is 2.29. The van der Waals surface area contributed by atoms with Gasteiger partial charge in [-0.25, -0.2) is 23.4 Å². The second kappa shape index (κ2) is 11.9. The van der Waals surface area contributed by atoms with Gasteiger partial charge in [-0.1, -0.05) is 19.1 Å². The Kier molecular flexibility index (Phi) is 8.16. The maximum atomic E-state index is 13.6. The Morgan fingerprint density at radius 3 is 2.51 bits per heavy atom. The maximum absolute atomic E-state index is 13.6. The zero-order valence-corrected chi connectivity index (χ0v) is 27.1. The molecule has 2 aliphatic rings. The van der Waals surface area contributed by atoms with Gasteiger partial charge in [-0.15, -0.1) is 0 Å². The van der Waals surface area contributed by atoms with Crippen LogP contribution in [0.25, 0.3) is 22.0 Å². The lowest BCUT2D eigenvalue weighted by molar-refractivity contribution is -0.137. The summed E-state index contributed by atoms with van der Waals surface area (Å²) in [5.41, 5.74) is 2.98. The Hall–Kier alpha value is -4.24. The third-order valence-corrected chi connectivity index (χ3v) is 10.1. The monoisotopic (exact) mass is 695 g/mol. The van der Waals surface area contributed by atoms with Gasteiger partial charge in [-0.3, -0.25) is 19.1 Å². The molecule has 0 unspecified atom stereocenters. The van der Waals surface area contributed by atoms with E-state index in [2.05, 4.69) is 41.3 Å². The molecule has 2 amide bonds. The number of ether oxygens (including phenoxy) is 1. The second-order valence-electron chi connectivity index (χ2n) is 11.6. The number of fused-ring (bicyclic) bond motifs is 1. The van der Waals surface area contributed by atoms with Crippen LogP contribution < -0.4 is 10.1 Å². The molecule has 234 valence electrons. The van der Waals surface area contributed by atoms with Crippen molar-refractivity contribution in [1.82, 2.24) is 29.6 Å². The van der Waals surface area contributed by atoms with Crippen molar-refractivity contribution in [2.24, 2.45) is 5.92 Å². The summed E-state index contributed by atoms with van der Waals surface area (Å²) < 4.78 is 30.4. The number of anilines is 1. The number of nitrogens with one attached hydrogen (secondary N) is 1. The number of pyridine rings is 1. The number of rotatable bonds is 8. The third kappa shape index (κ3) is 6.45. The fraction of sp³-hybridized carbons (Fsp3) is 0.367. The average molecular weight is 697 g/mol. The van der Waals surface area contributed by atoms with E-state index >= 15 is 0 Å². The molecule has 0 saturated carbocycles. The Labute approximate surface area is 267 Å². The zero-order valence-electron chi connectivity index (χ0n) is 24.7. The van der Waals surface area contributed by atoms with Crippen molar-refractivity contribution in [3.05, 3.63) is 58.6 Å². The molecule has 0 radical (unpaired) electrons. The highest BCUT2D eigenvalue weighted by molar-refractivity contribution is 9.10. The number of hydrogen-bond donors (Lipinski definition) is 1. The molecule has 13 nitrogen and oxygen atoms in total. The number of halogens is 1. The van der Waals surface area contributed by atoms with Crippen LogP contribution in [0.1, 0.15) is 36.3 Å². The molecule has 5 heterocycles. The van der Waals surface area contributed by atoms with Crippen molar-refractivity contribution in [2.75, 3.05) is 23.4 Å².